The van der Waals surface area contributed by atoms with Crippen LogP contribution in [0.5, 0.6) is 0 Å². The second-order valence-corrected chi connectivity index (χ2v) is 6.47. The van der Waals surface area contributed by atoms with E-state index in [1.165, 1.54) is 0 Å². The van der Waals surface area contributed by atoms with Crippen LogP contribution in [0.2, 0.25) is 5.02 Å². The number of hydrogen-bond donors (Lipinski definition) is 0. The number of amides is 1. The van der Waals surface area contributed by atoms with Gasteiger partial charge in [0.15, 0.2) is 0 Å². The minimum Gasteiger partial charge on any atom is -0.336 e. The second-order valence-electron chi connectivity index (χ2n) is 6.03. The largest absolute Gasteiger partial charge is 0.336 e. The first kappa shape index (κ1) is 17.0. The van der Waals surface area contributed by atoms with Crippen LogP contribution in [0.1, 0.15) is 23.1 Å². The van der Waals surface area contributed by atoms with E-state index >= 15 is 0 Å². The Labute approximate surface area is 147 Å². The van der Waals surface area contributed by atoms with E-state index in [0.29, 0.717) is 10.6 Å². The number of imidazole rings is 1. The first-order valence-electron chi connectivity index (χ1n) is 8.44. The van der Waals surface area contributed by atoms with Crippen molar-refractivity contribution in [1.29, 1.82) is 0 Å². The topological polar surface area (TPSA) is 41.4 Å². The summed E-state index contributed by atoms with van der Waals surface area (Å²) in [5, 5.41) is 0.603. The van der Waals surface area contributed by atoms with Gasteiger partial charge in [-0.05, 0) is 18.2 Å². The summed E-state index contributed by atoms with van der Waals surface area (Å²) in [5.74, 6) is 1.20. The standard InChI is InChI=1S/C18H23ClN4O/c1-2-17-20-6-7-22(17)11-8-21-9-12-23(13-10-21)18(24)15-4-3-5-16(19)14-15/h3-7,14H,2,8-13H2,1H3. The highest BCUT2D eigenvalue weighted by atomic mass is 35.5. The quantitative estimate of drug-likeness (QED) is 0.835. The van der Waals surface area contributed by atoms with Crippen LogP contribution >= 0.6 is 11.6 Å². The second kappa shape index (κ2) is 7.81. The summed E-state index contributed by atoms with van der Waals surface area (Å²) in [6, 6.07) is 7.17. The molecule has 128 valence electrons. The monoisotopic (exact) mass is 346 g/mol. The van der Waals surface area contributed by atoms with Crippen LogP contribution in [0.15, 0.2) is 36.7 Å². The smallest absolute Gasteiger partial charge is 0.253 e. The van der Waals surface area contributed by atoms with Gasteiger partial charge in [0.2, 0.25) is 0 Å². The van der Waals surface area contributed by atoms with Crippen LogP contribution in [-0.4, -0.2) is 58.0 Å². The van der Waals surface area contributed by atoms with E-state index in [4.69, 9.17) is 11.6 Å². The molecule has 24 heavy (non-hydrogen) atoms. The fourth-order valence-corrected chi connectivity index (χ4v) is 3.28. The van der Waals surface area contributed by atoms with Crippen LogP contribution < -0.4 is 0 Å². The third kappa shape index (κ3) is 3.97. The lowest BCUT2D eigenvalue weighted by Gasteiger charge is -2.35. The number of benzene rings is 1. The first-order valence-corrected chi connectivity index (χ1v) is 8.82. The van der Waals surface area contributed by atoms with Crippen molar-refractivity contribution in [2.75, 3.05) is 32.7 Å². The molecule has 2 aromatic rings. The van der Waals surface area contributed by atoms with Crippen molar-refractivity contribution in [3.63, 3.8) is 0 Å². The van der Waals surface area contributed by atoms with E-state index in [2.05, 4.69) is 21.4 Å². The molecule has 0 saturated carbocycles. The number of aromatic nitrogens is 2. The number of piperazine rings is 1. The van der Waals surface area contributed by atoms with E-state index in [0.717, 1.165) is 51.5 Å². The summed E-state index contributed by atoms with van der Waals surface area (Å²) in [6.45, 7) is 7.39. The molecule has 5 nitrogen and oxygen atoms in total. The molecule has 2 heterocycles. The van der Waals surface area contributed by atoms with Gasteiger partial charge >= 0.3 is 0 Å². The van der Waals surface area contributed by atoms with Crippen molar-refractivity contribution in [3.05, 3.63) is 53.1 Å². The first-order chi connectivity index (χ1) is 11.7. The van der Waals surface area contributed by atoms with Crippen molar-refractivity contribution >= 4 is 17.5 Å². The molecule has 1 fully saturated rings. The van der Waals surface area contributed by atoms with Crippen molar-refractivity contribution < 1.29 is 4.79 Å². The van der Waals surface area contributed by atoms with Gasteiger partial charge in [0.25, 0.3) is 5.91 Å². The van der Waals surface area contributed by atoms with Crippen molar-refractivity contribution in [3.8, 4) is 0 Å². The molecule has 1 amide bonds. The van der Waals surface area contributed by atoms with E-state index in [1.54, 1.807) is 12.1 Å². The average Bonchev–Trinajstić information content (AvgIpc) is 3.07. The van der Waals surface area contributed by atoms with Gasteiger partial charge in [-0.3, -0.25) is 9.69 Å². The molecule has 1 aliphatic heterocycles. The van der Waals surface area contributed by atoms with Crippen molar-refractivity contribution in [2.45, 2.75) is 19.9 Å². The van der Waals surface area contributed by atoms with Crippen molar-refractivity contribution in [1.82, 2.24) is 19.4 Å². The number of nitrogens with zero attached hydrogens (tertiary/aromatic N) is 4. The SMILES string of the molecule is CCc1nccn1CCN1CCN(C(=O)c2cccc(Cl)c2)CC1. The molecular formula is C18H23ClN4O. The molecule has 6 heteroatoms. The summed E-state index contributed by atoms with van der Waals surface area (Å²) in [4.78, 5) is 21.2. The normalized spacial score (nSPS) is 15.7. The minimum atomic E-state index is 0.0695. The van der Waals surface area contributed by atoms with E-state index in [-0.39, 0.29) is 5.91 Å². The Morgan fingerprint density at radius 1 is 1.21 bits per heavy atom. The maximum absolute atomic E-state index is 12.5. The molecule has 0 radical (unpaired) electrons. The number of hydrogen-bond acceptors (Lipinski definition) is 3. The summed E-state index contributed by atoms with van der Waals surface area (Å²) in [5.41, 5.74) is 0.668. The average molecular weight is 347 g/mol. The van der Waals surface area contributed by atoms with Gasteiger partial charge in [0.05, 0.1) is 0 Å². The van der Waals surface area contributed by atoms with Gasteiger partial charge in [-0.25, -0.2) is 4.98 Å². The molecule has 1 aromatic heterocycles. The Morgan fingerprint density at radius 2 is 2.00 bits per heavy atom. The Balaban J connectivity index is 1.50. The minimum absolute atomic E-state index is 0.0695. The van der Waals surface area contributed by atoms with Gasteiger partial charge in [-0.2, -0.15) is 0 Å². The molecule has 0 unspecified atom stereocenters. The molecule has 1 aliphatic rings. The third-order valence-corrected chi connectivity index (χ3v) is 4.74. The van der Waals surface area contributed by atoms with Gasteiger partial charge < -0.3 is 9.47 Å². The Kier molecular flexibility index (Phi) is 5.53. The number of carbonyl (C=O) groups is 1. The molecule has 0 atom stereocenters. The van der Waals surface area contributed by atoms with Crippen LogP contribution in [0, 0.1) is 0 Å². The highest BCUT2D eigenvalue weighted by molar-refractivity contribution is 6.30. The van der Waals surface area contributed by atoms with Gasteiger partial charge in [-0.1, -0.05) is 24.6 Å². The molecule has 0 N–H and O–H groups in total. The zero-order valence-electron chi connectivity index (χ0n) is 14.0. The molecule has 1 aromatic carbocycles. The highest BCUT2D eigenvalue weighted by Crippen LogP contribution is 2.14. The number of aryl methyl sites for hydroxylation is 1. The van der Waals surface area contributed by atoms with E-state index in [9.17, 15) is 4.79 Å². The molecule has 1 saturated heterocycles. The Hall–Kier alpha value is -1.85. The van der Waals surface area contributed by atoms with Crippen LogP contribution in [-0.2, 0) is 13.0 Å². The number of carbonyl (C=O) groups excluding carboxylic acids is 1. The van der Waals surface area contributed by atoms with Gasteiger partial charge in [0.1, 0.15) is 5.82 Å². The van der Waals surface area contributed by atoms with Gasteiger partial charge in [0, 0.05) is 68.7 Å². The third-order valence-electron chi connectivity index (χ3n) is 4.51. The Morgan fingerprint density at radius 3 is 2.71 bits per heavy atom. The lowest BCUT2D eigenvalue weighted by molar-refractivity contribution is 0.0633. The fraction of sp³-hybridized carbons (Fsp3) is 0.444. The maximum atomic E-state index is 12.5. The fourth-order valence-electron chi connectivity index (χ4n) is 3.09. The van der Waals surface area contributed by atoms with Crippen molar-refractivity contribution in [2.24, 2.45) is 0 Å². The van der Waals surface area contributed by atoms with E-state index < -0.39 is 0 Å². The zero-order valence-corrected chi connectivity index (χ0v) is 14.7. The lowest BCUT2D eigenvalue weighted by atomic mass is 10.2. The number of rotatable bonds is 5. The van der Waals surface area contributed by atoms with Gasteiger partial charge in [-0.15, -0.1) is 0 Å². The maximum Gasteiger partial charge on any atom is 0.253 e. The predicted molar refractivity (Wildman–Crippen MR) is 95.4 cm³/mol. The summed E-state index contributed by atoms with van der Waals surface area (Å²) in [6.07, 6.45) is 4.85. The van der Waals surface area contributed by atoms with Crippen LogP contribution in [0.25, 0.3) is 0 Å². The predicted octanol–water partition coefficient (Wildman–Crippen LogP) is 2.56. The highest BCUT2D eigenvalue weighted by Gasteiger charge is 2.22. The Bertz CT molecular complexity index is 692. The lowest BCUT2D eigenvalue weighted by Crippen LogP contribution is -2.49. The summed E-state index contributed by atoms with van der Waals surface area (Å²) in [7, 11) is 0. The molecule has 0 bridgehead atoms. The molecule has 0 spiro atoms. The molecular weight excluding hydrogens is 324 g/mol. The van der Waals surface area contributed by atoms with Crippen LogP contribution in [0.3, 0.4) is 0 Å². The summed E-state index contributed by atoms with van der Waals surface area (Å²) >= 11 is 5.98. The van der Waals surface area contributed by atoms with E-state index in [1.807, 2.05) is 29.4 Å². The molecule has 0 aliphatic carbocycles. The zero-order chi connectivity index (χ0) is 16.9. The summed E-state index contributed by atoms with van der Waals surface area (Å²) < 4.78 is 2.21. The van der Waals surface area contributed by atoms with Crippen LogP contribution in [0.4, 0.5) is 0 Å². The molecule has 3 rings (SSSR count). The number of halogens is 1.